The SMILES string of the molecule is CSCC[C@H](NS(=O)(=O)c1ccccc1)C(=O)Nc1cc(C)ccc1C. The zero-order chi connectivity index (χ0) is 19.2. The molecule has 0 saturated heterocycles. The molecule has 0 unspecified atom stereocenters. The van der Waals surface area contributed by atoms with E-state index >= 15 is 0 Å². The van der Waals surface area contributed by atoms with Gasteiger partial charge in [-0.1, -0.05) is 30.3 Å². The zero-order valence-electron chi connectivity index (χ0n) is 15.2. The molecule has 7 heteroatoms. The Morgan fingerprint density at radius 2 is 1.81 bits per heavy atom. The van der Waals surface area contributed by atoms with Gasteiger partial charge >= 0.3 is 0 Å². The largest absolute Gasteiger partial charge is 0.324 e. The molecule has 0 aliphatic heterocycles. The summed E-state index contributed by atoms with van der Waals surface area (Å²) in [5.74, 6) is 0.314. The molecular weight excluding hydrogens is 368 g/mol. The Balaban J connectivity index is 2.20. The Hall–Kier alpha value is -1.83. The first-order valence-electron chi connectivity index (χ1n) is 8.28. The minimum absolute atomic E-state index is 0.147. The number of aryl methyl sites for hydroxylation is 2. The third kappa shape index (κ3) is 5.59. The molecule has 0 radical (unpaired) electrons. The Labute approximate surface area is 159 Å². The number of carbonyl (C=O) groups excluding carboxylic acids is 1. The average Bonchev–Trinajstić information content (AvgIpc) is 2.62. The van der Waals surface area contributed by atoms with E-state index in [0.717, 1.165) is 11.1 Å². The van der Waals surface area contributed by atoms with Crippen LogP contribution in [0, 0.1) is 13.8 Å². The minimum atomic E-state index is -3.77. The van der Waals surface area contributed by atoms with Crippen LogP contribution < -0.4 is 10.0 Å². The van der Waals surface area contributed by atoms with Crippen LogP contribution in [0.25, 0.3) is 0 Å². The summed E-state index contributed by atoms with van der Waals surface area (Å²) in [4.78, 5) is 12.9. The summed E-state index contributed by atoms with van der Waals surface area (Å²) in [5.41, 5.74) is 2.65. The molecule has 0 heterocycles. The van der Waals surface area contributed by atoms with Gasteiger partial charge in [-0.2, -0.15) is 16.5 Å². The quantitative estimate of drug-likeness (QED) is 0.722. The first-order valence-corrected chi connectivity index (χ1v) is 11.2. The Bertz CT molecular complexity index is 852. The van der Waals surface area contributed by atoms with E-state index in [1.165, 1.54) is 12.1 Å². The monoisotopic (exact) mass is 392 g/mol. The number of sulfonamides is 1. The molecule has 0 aliphatic carbocycles. The maximum atomic E-state index is 12.7. The van der Waals surface area contributed by atoms with Crippen molar-refractivity contribution in [2.75, 3.05) is 17.3 Å². The Morgan fingerprint density at radius 3 is 2.46 bits per heavy atom. The van der Waals surface area contributed by atoms with E-state index in [1.54, 1.807) is 30.0 Å². The Morgan fingerprint density at radius 1 is 1.12 bits per heavy atom. The van der Waals surface area contributed by atoms with Gasteiger partial charge in [0.15, 0.2) is 0 Å². The van der Waals surface area contributed by atoms with Gasteiger partial charge in [-0.05, 0) is 61.6 Å². The molecular formula is C19H24N2O3S2. The van der Waals surface area contributed by atoms with Crippen molar-refractivity contribution in [3.63, 3.8) is 0 Å². The highest BCUT2D eigenvalue weighted by Gasteiger charge is 2.25. The van der Waals surface area contributed by atoms with Crippen LogP contribution in [-0.2, 0) is 14.8 Å². The van der Waals surface area contributed by atoms with Gasteiger partial charge in [0.05, 0.1) is 4.90 Å². The Kier molecular flexibility index (Phi) is 7.25. The maximum Gasteiger partial charge on any atom is 0.242 e. The molecule has 2 rings (SSSR count). The highest BCUT2D eigenvalue weighted by molar-refractivity contribution is 7.98. The molecule has 2 aromatic carbocycles. The summed E-state index contributed by atoms with van der Waals surface area (Å²) in [5, 5.41) is 2.86. The number of amides is 1. The zero-order valence-corrected chi connectivity index (χ0v) is 16.8. The fourth-order valence-electron chi connectivity index (χ4n) is 2.42. The highest BCUT2D eigenvalue weighted by Crippen LogP contribution is 2.18. The number of nitrogens with one attached hydrogen (secondary N) is 2. The standard InChI is InChI=1S/C19H24N2O3S2/c1-14-9-10-15(2)18(13-14)20-19(22)17(11-12-25-3)21-26(23,24)16-7-5-4-6-8-16/h4-10,13,17,21H,11-12H2,1-3H3,(H,20,22)/t17-/m0/s1. The molecule has 0 aromatic heterocycles. The van der Waals surface area contributed by atoms with Crippen molar-refractivity contribution >= 4 is 33.4 Å². The second kappa shape index (κ2) is 9.21. The molecule has 0 bridgehead atoms. The second-order valence-corrected chi connectivity index (χ2v) is 8.78. The van der Waals surface area contributed by atoms with Gasteiger partial charge in [0.1, 0.15) is 6.04 Å². The number of hydrogen-bond acceptors (Lipinski definition) is 4. The minimum Gasteiger partial charge on any atom is -0.324 e. The van der Waals surface area contributed by atoms with Gasteiger partial charge in [0.25, 0.3) is 0 Å². The van der Waals surface area contributed by atoms with E-state index in [9.17, 15) is 13.2 Å². The fraction of sp³-hybridized carbons (Fsp3) is 0.316. The second-order valence-electron chi connectivity index (χ2n) is 6.08. The molecule has 1 atom stereocenters. The number of carbonyl (C=O) groups is 1. The summed E-state index contributed by atoms with van der Waals surface area (Å²) >= 11 is 1.57. The van der Waals surface area contributed by atoms with E-state index in [4.69, 9.17) is 0 Å². The smallest absolute Gasteiger partial charge is 0.242 e. The van der Waals surface area contributed by atoms with Crippen molar-refractivity contribution in [2.45, 2.75) is 31.2 Å². The van der Waals surface area contributed by atoms with Crippen molar-refractivity contribution in [1.29, 1.82) is 0 Å². The molecule has 1 amide bonds. The summed E-state index contributed by atoms with van der Waals surface area (Å²) in [6, 6.07) is 13.0. The van der Waals surface area contributed by atoms with Crippen molar-refractivity contribution in [1.82, 2.24) is 4.72 Å². The summed E-state index contributed by atoms with van der Waals surface area (Å²) in [7, 11) is -3.77. The van der Waals surface area contributed by atoms with E-state index in [-0.39, 0.29) is 10.8 Å². The van der Waals surface area contributed by atoms with Gasteiger partial charge in [-0.15, -0.1) is 0 Å². The van der Waals surface area contributed by atoms with Crippen LogP contribution in [0.2, 0.25) is 0 Å². The number of benzene rings is 2. The van der Waals surface area contributed by atoms with Crippen LogP contribution in [0.5, 0.6) is 0 Å². The molecule has 2 N–H and O–H groups in total. The van der Waals surface area contributed by atoms with Crippen molar-refractivity contribution in [3.05, 3.63) is 59.7 Å². The highest BCUT2D eigenvalue weighted by atomic mass is 32.2. The maximum absolute atomic E-state index is 12.7. The van der Waals surface area contributed by atoms with E-state index < -0.39 is 16.1 Å². The van der Waals surface area contributed by atoms with Crippen LogP contribution >= 0.6 is 11.8 Å². The van der Waals surface area contributed by atoms with Crippen molar-refractivity contribution in [3.8, 4) is 0 Å². The third-order valence-corrected chi connectivity index (χ3v) is 6.06. The predicted molar refractivity (Wildman–Crippen MR) is 108 cm³/mol. The average molecular weight is 393 g/mol. The predicted octanol–water partition coefficient (Wildman–Crippen LogP) is 3.34. The normalized spacial score (nSPS) is 12.6. The van der Waals surface area contributed by atoms with Crippen LogP contribution in [0.3, 0.4) is 0 Å². The molecule has 0 saturated carbocycles. The molecule has 0 fully saturated rings. The lowest BCUT2D eigenvalue weighted by atomic mass is 10.1. The number of thioether (sulfide) groups is 1. The molecule has 5 nitrogen and oxygen atoms in total. The fourth-order valence-corrected chi connectivity index (χ4v) is 4.15. The van der Waals surface area contributed by atoms with Crippen LogP contribution in [0.1, 0.15) is 17.5 Å². The van der Waals surface area contributed by atoms with Gasteiger partial charge in [0, 0.05) is 5.69 Å². The van der Waals surface area contributed by atoms with Gasteiger partial charge in [-0.25, -0.2) is 8.42 Å². The van der Waals surface area contributed by atoms with Crippen molar-refractivity contribution < 1.29 is 13.2 Å². The number of rotatable bonds is 8. The first kappa shape index (κ1) is 20.5. The van der Waals surface area contributed by atoms with Crippen LogP contribution in [0.15, 0.2) is 53.4 Å². The molecule has 0 aliphatic rings. The van der Waals surface area contributed by atoms with E-state index in [1.807, 2.05) is 38.3 Å². The third-order valence-electron chi connectivity index (χ3n) is 3.93. The summed E-state index contributed by atoms with van der Waals surface area (Å²) < 4.78 is 27.7. The van der Waals surface area contributed by atoms with E-state index in [0.29, 0.717) is 17.9 Å². The van der Waals surface area contributed by atoms with Crippen LogP contribution in [-0.4, -0.2) is 32.4 Å². The van der Waals surface area contributed by atoms with Gasteiger partial charge in [0.2, 0.25) is 15.9 Å². The lowest BCUT2D eigenvalue weighted by Crippen LogP contribution is -2.44. The number of anilines is 1. The molecule has 0 spiro atoms. The van der Waals surface area contributed by atoms with Crippen molar-refractivity contribution in [2.24, 2.45) is 0 Å². The number of hydrogen-bond donors (Lipinski definition) is 2. The van der Waals surface area contributed by atoms with Gasteiger partial charge in [-0.3, -0.25) is 4.79 Å². The molecule has 140 valence electrons. The molecule has 26 heavy (non-hydrogen) atoms. The molecule has 2 aromatic rings. The first-order chi connectivity index (χ1) is 12.3. The van der Waals surface area contributed by atoms with Crippen LogP contribution in [0.4, 0.5) is 5.69 Å². The summed E-state index contributed by atoms with van der Waals surface area (Å²) in [6.45, 7) is 3.85. The lowest BCUT2D eigenvalue weighted by Gasteiger charge is -2.19. The lowest BCUT2D eigenvalue weighted by molar-refractivity contribution is -0.117. The van der Waals surface area contributed by atoms with E-state index in [2.05, 4.69) is 10.0 Å². The summed E-state index contributed by atoms with van der Waals surface area (Å²) in [6.07, 6.45) is 2.33. The topological polar surface area (TPSA) is 75.3 Å². The van der Waals surface area contributed by atoms with Gasteiger partial charge < -0.3 is 5.32 Å².